The number of hydrogen-bond donors (Lipinski definition) is 1. The number of amides is 2. The summed E-state index contributed by atoms with van der Waals surface area (Å²) < 4.78 is 13.6. The molecule has 2 amide bonds. The van der Waals surface area contributed by atoms with E-state index < -0.39 is 5.82 Å². The number of anilines is 1. The molecule has 0 saturated carbocycles. The Balaban J connectivity index is 1.84. The molecule has 0 unspecified atom stereocenters. The van der Waals surface area contributed by atoms with E-state index in [1.807, 2.05) is 0 Å². The lowest BCUT2D eigenvalue weighted by molar-refractivity contribution is -0.919. The topological polar surface area (TPSA) is 41.8 Å². The summed E-state index contributed by atoms with van der Waals surface area (Å²) in [7, 11) is 0. The quantitative estimate of drug-likeness (QED) is 0.833. The molecular weight excluding hydrogens is 295 g/mol. The van der Waals surface area contributed by atoms with Gasteiger partial charge >= 0.3 is 0 Å². The summed E-state index contributed by atoms with van der Waals surface area (Å²) in [5.41, 5.74) is 0.269. The molecule has 2 aliphatic heterocycles. The third-order valence-electron chi connectivity index (χ3n) is 4.30. The zero-order valence-corrected chi connectivity index (χ0v) is 12.3. The van der Waals surface area contributed by atoms with Crippen molar-refractivity contribution in [3.05, 3.63) is 29.0 Å². The number of halogens is 2. The fraction of sp³-hybridized carbons (Fsp3) is 0.467. The maximum Gasteiger partial charge on any atom is 0.292 e. The van der Waals surface area contributed by atoms with Crippen LogP contribution in [0.1, 0.15) is 25.7 Å². The Kier molecular flexibility index (Phi) is 3.95. The van der Waals surface area contributed by atoms with Crippen LogP contribution in [0.25, 0.3) is 0 Å². The van der Waals surface area contributed by atoms with Gasteiger partial charge in [-0.15, -0.1) is 0 Å². The monoisotopic (exact) mass is 311 g/mol. The number of benzene rings is 1. The number of rotatable bonds is 2. The average Bonchev–Trinajstić information content (AvgIpc) is 2.78. The van der Waals surface area contributed by atoms with E-state index in [2.05, 4.69) is 0 Å². The van der Waals surface area contributed by atoms with E-state index >= 15 is 0 Å². The summed E-state index contributed by atoms with van der Waals surface area (Å²) in [5, 5.41) is -0.0175. The molecule has 21 heavy (non-hydrogen) atoms. The standard InChI is InChI=1S/C15H16ClFN2O2/c16-11-5-4-10(8-12(11)17)19-14(20)9-13(15(19)21)18-6-2-1-3-7-18/h4-5,8,13H,1-3,6-7,9H2/p+1/t13-/m0/s1. The van der Waals surface area contributed by atoms with E-state index in [0.29, 0.717) is 0 Å². The molecule has 2 aliphatic rings. The predicted octanol–water partition coefficient (Wildman–Crippen LogP) is 1.18. The van der Waals surface area contributed by atoms with Crippen LogP contribution in [0.3, 0.4) is 0 Å². The molecule has 0 bridgehead atoms. The molecule has 1 N–H and O–H groups in total. The van der Waals surface area contributed by atoms with E-state index in [0.717, 1.165) is 36.9 Å². The first-order valence-electron chi connectivity index (χ1n) is 7.24. The van der Waals surface area contributed by atoms with Crippen molar-refractivity contribution >= 4 is 29.1 Å². The Morgan fingerprint density at radius 2 is 1.90 bits per heavy atom. The van der Waals surface area contributed by atoms with Crippen molar-refractivity contribution in [1.82, 2.24) is 0 Å². The van der Waals surface area contributed by atoms with Gasteiger partial charge in [-0.1, -0.05) is 11.6 Å². The van der Waals surface area contributed by atoms with Gasteiger partial charge < -0.3 is 4.90 Å². The Morgan fingerprint density at radius 3 is 2.57 bits per heavy atom. The van der Waals surface area contributed by atoms with E-state index in [1.54, 1.807) is 0 Å². The van der Waals surface area contributed by atoms with Crippen LogP contribution < -0.4 is 9.80 Å². The molecule has 0 spiro atoms. The largest absolute Gasteiger partial charge is 0.324 e. The van der Waals surface area contributed by atoms with Gasteiger partial charge in [0.25, 0.3) is 5.91 Å². The van der Waals surface area contributed by atoms with Crippen LogP contribution in [0.5, 0.6) is 0 Å². The molecule has 6 heteroatoms. The number of carbonyl (C=O) groups is 2. The normalized spacial score (nSPS) is 23.9. The lowest BCUT2D eigenvalue weighted by Crippen LogP contribution is -3.17. The molecule has 0 aromatic heterocycles. The molecule has 112 valence electrons. The summed E-state index contributed by atoms with van der Waals surface area (Å²) >= 11 is 5.64. The van der Waals surface area contributed by atoms with Gasteiger partial charge in [0.05, 0.1) is 30.2 Å². The molecule has 1 aromatic carbocycles. The van der Waals surface area contributed by atoms with Crippen molar-refractivity contribution in [2.45, 2.75) is 31.7 Å². The third-order valence-corrected chi connectivity index (χ3v) is 4.60. The Hall–Kier alpha value is -1.46. The molecule has 0 radical (unpaired) electrons. The highest BCUT2D eigenvalue weighted by Crippen LogP contribution is 2.26. The first kappa shape index (κ1) is 14.5. The molecule has 0 aliphatic carbocycles. The van der Waals surface area contributed by atoms with E-state index in [1.165, 1.54) is 23.5 Å². The number of nitrogens with one attached hydrogen (secondary N) is 1. The number of carbonyl (C=O) groups excluding carboxylic acids is 2. The summed E-state index contributed by atoms with van der Waals surface area (Å²) in [6.07, 6.45) is 3.56. The van der Waals surface area contributed by atoms with Gasteiger partial charge in [0.2, 0.25) is 5.91 Å². The fourth-order valence-corrected chi connectivity index (χ4v) is 3.32. The number of piperidine rings is 1. The van der Waals surface area contributed by atoms with Gasteiger partial charge in [-0.05, 0) is 37.5 Å². The second-order valence-electron chi connectivity index (χ2n) is 5.64. The van der Waals surface area contributed by atoms with Gasteiger partial charge in [0.1, 0.15) is 5.82 Å². The van der Waals surface area contributed by atoms with Crippen molar-refractivity contribution in [2.24, 2.45) is 0 Å². The molecule has 1 atom stereocenters. The molecular formula is C15H17ClFN2O2+. The fourth-order valence-electron chi connectivity index (χ4n) is 3.20. The zero-order valence-electron chi connectivity index (χ0n) is 11.6. The summed E-state index contributed by atoms with van der Waals surface area (Å²) in [5.74, 6) is -1.10. The molecule has 1 aromatic rings. The summed E-state index contributed by atoms with van der Waals surface area (Å²) in [6, 6.07) is 3.70. The van der Waals surface area contributed by atoms with Crippen LogP contribution in [-0.4, -0.2) is 30.9 Å². The number of hydrogen-bond acceptors (Lipinski definition) is 2. The van der Waals surface area contributed by atoms with Crippen molar-refractivity contribution in [1.29, 1.82) is 0 Å². The highest BCUT2D eigenvalue weighted by atomic mass is 35.5. The Bertz CT molecular complexity index is 587. The van der Waals surface area contributed by atoms with Gasteiger partial charge in [0.15, 0.2) is 6.04 Å². The maximum absolute atomic E-state index is 13.6. The smallest absolute Gasteiger partial charge is 0.292 e. The van der Waals surface area contributed by atoms with Crippen LogP contribution in [-0.2, 0) is 9.59 Å². The first-order valence-corrected chi connectivity index (χ1v) is 7.62. The number of likely N-dealkylation sites (tertiary alicyclic amines) is 1. The van der Waals surface area contributed by atoms with Crippen LogP contribution in [0, 0.1) is 5.82 Å². The van der Waals surface area contributed by atoms with Crippen LogP contribution in [0.15, 0.2) is 18.2 Å². The van der Waals surface area contributed by atoms with Gasteiger partial charge in [-0.25, -0.2) is 9.29 Å². The van der Waals surface area contributed by atoms with Crippen LogP contribution in [0.4, 0.5) is 10.1 Å². The molecule has 3 rings (SSSR count). The van der Waals surface area contributed by atoms with E-state index in [-0.39, 0.29) is 35.0 Å². The van der Waals surface area contributed by atoms with Gasteiger partial charge in [0, 0.05) is 0 Å². The average molecular weight is 312 g/mol. The molecule has 4 nitrogen and oxygen atoms in total. The number of imide groups is 1. The van der Waals surface area contributed by atoms with Crippen molar-refractivity contribution in [3.8, 4) is 0 Å². The zero-order chi connectivity index (χ0) is 15.0. The Morgan fingerprint density at radius 1 is 1.19 bits per heavy atom. The minimum Gasteiger partial charge on any atom is -0.324 e. The predicted molar refractivity (Wildman–Crippen MR) is 76.9 cm³/mol. The second kappa shape index (κ2) is 5.73. The Labute approximate surface area is 127 Å². The van der Waals surface area contributed by atoms with E-state index in [9.17, 15) is 14.0 Å². The number of nitrogens with zero attached hydrogens (tertiary/aromatic N) is 1. The van der Waals surface area contributed by atoms with Crippen molar-refractivity contribution < 1.29 is 18.9 Å². The lowest BCUT2D eigenvalue weighted by atomic mass is 10.1. The molecule has 2 fully saturated rings. The highest BCUT2D eigenvalue weighted by molar-refractivity contribution is 6.31. The lowest BCUT2D eigenvalue weighted by Gasteiger charge is -2.27. The number of quaternary nitrogens is 1. The SMILES string of the molecule is O=C1C[C@H]([NH+]2CCCCC2)C(=O)N1c1ccc(Cl)c(F)c1. The summed E-state index contributed by atoms with van der Waals surface area (Å²) in [4.78, 5) is 27.0. The molecule has 2 saturated heterocycles. The minimum atomic E-state index is -0.622. The second-order valence-corrected chi connectivity index (χ2v) is 6.05. The maximum atomic E-state index is 13.6. The van der Waals surface area contributed by atoms with Gasteiger partial charge in [-0.2, -0.15) is 0 Å². The molecule has 2 heterocycles. The van der Waals surface area contributed by atoms with Gasteiger partial charge in [-0.3, -0.25) is 9.59 Å². The third kappa shape index (κ3) is 2.68. The van der Waals surface area contributed by atoms with Crippen LogP contribution in [0.2, 0.25) is 5.02 Å². The highest BCUT2D eigenvalue weighted by Gasteiger charge is 2.45. The van der Waals surface area contributed by atoms with E-state index in [4.69, 9.17) is 11.6 Å². The van der Waals surface area contributed by atoms with Crippen molar-refractivity contribution in [3.63, 3.8) is 0 Å². The van der Waals surface area contributed by atoms with Crippen LogP contribution >= 0.6 is 11.6 Å². The minimum absolute atomic E-state index is 0.0175. The first-order chi connectivity index (χ1) is 10.1. The summed E-state index contributed by atoms with van der Waals surface area (Å²) in [6.45, 7) is 1.85. The van der Waals surface area contributed by atoms with Crippen molar-refractivity contribution in [2.75, 3.05) is 18.0 Å².